The van der Waals surface area contributed by atoms with Crippen molar-refractivity contribution in [3.8, 4) is 0 Å². The number of nitrogens with zero attached hydrogens (tertiary/aromatic N) is 2. The van der Waals surface area contributed by atoms with E-state index in [-0.39, 0.29) is 13.2 Å². The Hall–Kier alpha value is -2.41. The van der Waals surface area contributed by atoms with Crippen LogP contribution >= 0.6 is 11.3 Å². The summed E-state index contributed by atoms with van der Waals surface area (Å²) < 4.78 is 5.24. The van der Waals surface area contributed by atoms with Crippen LogP contribution in [-0.4, -0.2) is 33.6 Å². The van der Waals surface area contributed by atoms with Crippen LogP contribution in [0.1, 0.15) is 29.2 Å². The van der Waals surface area contributed by atoms with Crippen molar-refractivity contribution in [3.63, 3.8) is 0 Å². The van der Waals surface area contributed by atoms with E-state index in [1.54, 1.807) is 19.2 Å². The van der Waals surface area contributed by atoms with Gasteiger partial charge < -0.3 is 9.84 Å². The van der Waals surface area contributed by atoms with E-state index in [1.807, 2.05) is 30.3 Å². The third-order valence-corrected chi connectivity index (χ3v) is 4.03. The zero-order chi connectivity index (χ0) is 16.8. The van der Waals surface area contributed by atoms with Crippen LogP contribution < -0.4 is 0 Å². The number of thiazole rings is 1. The number of carbonyl (C=O) groups excluding carboxylic acids is 1. The lowest BCUT2D eigenvalue weighted by Crippen LogP contribution is -2.39. The Bertz CT molecular complexity index is 672. The molecule has 1 aromatic carbocycles. The lowest BCUT2D eigenvalue weighted by molar-refractivity contribution is -0.143. The first-order chi connectivity index (χ1) is 11.0. The van der Waals surface area contributed by atoms with E-state index >= 15 is 0 Å². The Morgan fingerprint density at radius 1 is 1.35 bits per heavy atom. The molecule has 23 heavy (non-hydrogen) atoms. The first-order valence-corrected chi connectivity index (χ1v) is 8.03. The van der Waals surface area contributed by atoms with Gasteiger partial charge in [-0.25, -0.2) is 14.6 Å². The monoisotopic (exact) mass is 334 g/mol. The molecule has 7 heteroatoms. The van der Waals surface area contributed by atoms with Crippen molar-refractivity contribution in [2.24, 2.45) is 0 Å². The second-order valence-electron chi connectivity index (χ2n) is 4.86. The number of aromatic nitrogens is 1. The average molecular weight is 334 g/mol. The fourth-order valence-electron chi connectivity index (χ4n) is 2.14. The number of carboxylic acid groups (broad SMARTS) is 1. The molecule has 1 heterocycles. The minimum Gasteiger partial charge on any atom is -0.479 e. The van der Waals surface area contributed by atoms with Gasteiger partial charge in [0.1, 0.15) is 6.61 Å². The summed E-state index contributed by atoms with van der Waals surface area (Å²) in [4.78, 5) is 29.2. The van der Waals surface area contributed by atoms with Crippen molar-refractivity contribution in [1.29, 1.82) is 0 Å². The average Bonchev–Trinajstić information content (AvgIpc) is 2.96. The lowest BCUT2D eigenvalue weighted by Gasteiger charge is -2.25. The van der Waals surface area contributed by atoms with E-state index in [4.69, 9.17) is 4.74 Å². The van der Waals surface area contributed by atoms with Crippen molar-refractivity contribution >= 4 is 23.4 Å². The van der Waals surface area contributed by atoms with Gasteiger partial charge in [0.15, 0.2) is 6.04 Å². The van der Waals surface area contributed by atoms with Gasteiger partial charge in [0, 0.05) is 11.9 Å². The molecule has 0 aliphatic rings. The van der Waals surface area contributed by atoms with Crippen LogP contribution in [0.15, 0.2) is 35.7 Å². The third kappa shape index (κ3) is 4.29. The number of hydrogen-bond donors (Lipinski definition) is 1. The maximum absolute atomic E-state index is 12.3. The standard InChI is InChI=1S/C16H18N2O4S/c1-3-18(14(15(19)20)13-10-23-11(2)17-13)16(21)22-9-12-7-5-4-6-8-12/h4-8,10,14H,3,9H2,1-2H3,(H,19,20). The molecule has 0 saturated heterocycles. The predicted molar refractivity (Wildman–Crippen MR) is 86.2 cm³/mol. The zero-order valence-corrected chi connectivity index (χ0v) is 13.7. The summed E-state index contributed by atoms with van der Waals surface area (Å²) in [7, 11) is 0. The van der Waals surface area contributed by atoms with Crippen LogP contribution in [0.5, 0.6) is 0 Å². The molecular weight excluding hydrogens is 316 g/mol. The topological polar surface area (TPSA) is 79.7 Å². The highest BCUT2D eigenvalue weighted by atomic mass is 32.1. The van der Waals surface area contributed by atoms with Crippen LogP contribution in [0.2, 0.25) is 0 Å². The molecule has 1 aromatic heterocycles. The van der Waals surface area contributed by atoms with Gasteiger partial charge in [-0.05, 0) is 19.4 Å². The molecule has 1 atom stereocenters. The van der Waals surface area contributed by atoms with Crippen molar-refractivity contribution in [1.82, 2.24) is 9.88 Å². The number of amides is 1. The van der Waals surface area contributed by atoms with E-state index in [2.05, 4.69) is 4.98 Å². The van der Waals surface area contributed by atoms with Crippen LogP contribution in [0.4, 0.5) is 4.79 Å². The maximum Gasteiger partial charge on any atom is 0.411 e. The summed E-state index contributed by atoms with van der Waals surface area (Å²) in [5.74, 6) is -1.13. The number of ether oxygens (including phenoxy) is 1. The highest BCUT2D eigenvalue weighted by Crippen LogP contribution is 2.23. The SMILES string of the molecule is CCN(C(=O)OCc1ccccc1)C(C(=O)O)c1csc(C)n1. The first kappa shape index (κ1) is 17.0. The van der Waals surface area contributed by atoms with Crippen molar-refractivity contribution < 1.29 is 19.4 Å². The predicted octanol–water partition coefficient (Wildman–Crippen LogP) is 3.24. The fraction of sp³-hybridized carbons (Fsp3) is 0.312. The quantitative estimate of drug-likeness (QED) is 0.877. The van der Waals surface area contributed by atoms with Gasteiger partial charge in [0.05, 0.1) is 10.7 Å². The van der Waals surface area contributed by atoms with Gasteiger partial charge in [0.25, 0.3) is 0 Å². The van der Waals surface area contributed by atoms with Crippen molar-refractivity contribution in [2.75, 3.05) is 6.54 Å². The highest BCUT2D eigenvalue weighted by molar-refractivity contribution is 7.09. The largest absolute Gasteiger partial charge is 0.479 e. The Labute approximate surface area is 138 Å². The second-order valence-corrected chi connectivity index (χ2v) is 5.92. The lowest BCUT2D eigenvalue weighted by atomic mass is 10.2. The molecule has 0 fully saturated rings. The smallest absolute Gasteiger partial charge is 0.411 e. The maximum atomic E-state index is 12.3. The number of aliphatic carboxylic acids is 1. The van der Waals surface area contributed by atoms with Crippen LogP contribution in [0.3, 0.4) is 0 Å². The van der Waals surface area contributed by atoms with Crippen LogP contribution in [0, 0.1) is 6.92 Å². The first-order valence-electron chi connectivity index (χ1n) is 7.15. The van der Waals surface area contributed by atoms with E-state index in [0.29, 0.717) is 5.69 Å². The molecule has 0 aliphatic heterocycles. The van der Waals surface area contributed by atoms with Gasteiger partial charge >= 0.3 is 12.1 Å². The third-order valence-electron chi connectivity index (χ3n) is 3.24. The van der Waals surface area contributed by atoms with Crippen molar-refractivity contribution in [2.45, 2.75) is 26.5 Å². The molecule has 2 rings (SSSR count). The Morgan fingerprint density at radius 3 is 2.57 bits per heavy atom. The highest BCUT2D eigenvalue weighted by Gasteiger charge is 2.33. The summed E-state index contributed by atoms with van der Waals surface area (Å²) >= 11 is 1.35. The van der Waals surface area contributed by atoms with Crippen molar-refractivity contribution in [3.05, 3.63) is 52.0 Å². The minimum absolute atomic E-state index is 0.0958. The van der Waals surface area contributed by atoms with E-state index in [0.717, 1.165) is 10.6 Å². The summed E-state index contributed by atoms with van der Waals surface area (Å²) in [5, 5.41) is 11.9. The zero-order valence-electron chi connectivity index (χ0n) is 12.9. The molecular formula is C16H18N2O4S. The molecule has 0 aliphatic carbocycles. The van der Waals surface area contributed by atoms with Gasteiger partial charge in [0.2, 0.25) is 0 Å². The van der Waals surface area contributed by atoms with Gasteiger partial charge in [-0.2, -0.15) is 0 Å². The molecule has 0 spiro atoms. The van der Waals surface area contributed by atoms with Gasteiger partial charge in [-0.15, -0.1) is 11.3 Å². The Morgan fingerprint density at radius 2 is 2.04 bits per heavy atom. The summed E-state index contributed by atoms with van der Waals surface area (Å²) in [5.41, 5.74) is 1.19. The normalized spacial score (nSPS) is 11.7. The van der Waals surface area contributed by atoms with Crippen LogP contribution in [0.25, 0.3) is 0 Å². The molecule has 2 aromatic rings. The molecule has 6 nitrogen and oxygen atoms in total. The second kappa shape index (κ2) is 7.73. The molecule has 0 radical (unpaired) electrons. The number of rotatable bonds is 6. The number of aryl methyl sites for hydroxylation is 1. The molecule has 1 amide bonds. The summed E-state index contributed by atoms with van der Waals surface area (Å²) in [6, 6.07) is 8.09. The van der Waals surface area contributed by atoms with Gasteiger partial charge in [-0.3, -0.25) is 4.90 Å². The minimum atomic E-state index is -1.15. The fourth-order valence-corrected chi connectivity index (χ4v) is 2.78. The van der Waals surface area contributed by atoms with Gasteiger partial charge in [-0.1, -0.05) is 30.3 Å². The number of carbonyl (C=O) groups is 2. The van der Waals surface area contributed by atoms with E-state index in [9.17, 15) is 14.7 Å². The summed E-state index contributed by atoms with van der Waals surface area (Å²) in [6.45, 7) is 3.80. The number of hydrogen-bond acceptors (Lipinski definition) is 5. The molecule has 1 N–H and O–H groups in total. The molecule has 0 bridgehead atoms. The summed E-state index contributed by atoms with van der Waals surface area (Å²) in [6.07, 6.45) is -0.672. The molecule has 1 unspecified atom stereocenters. The molecule has 0 saturated carbocycles. The van der Waals surface area contributed by atoms with E-state index < -0.39 is 18.1 Å². The molecule has 122 valence electrons. The number of carboxylic acids is 1. The number of benzene rings is 1. The number of likely N-dealkylation sites (N-methyl/N-ethyl adjacent to an activating group) is 1. The van der Waals surface area contributed by atoms with E-state index in [1.165, 1.54) is 16.2 Å². The Kier molecular flexibility index (Phi) is 5.70. The van der Waals surface area contributed by atoms with Crippen LogP contribution in [-0.2, 0) is 16.1 Å². The Balaban J connectivity index is 2.12.